The van der Waals surface area contributed by atoms with Gasteiger partial charge in [-0.05, 0) is 25.3 Å². The number of rotatable bonds is 7. The molecule has 3 heterocycles. The highest BCUT2D eigenvalue weighted by atomic mass is 16.5. The van der Waals surface area contributed by atoms with Gasteiger partial charge < -0.3 is 24.6 Å². The molecule has 2 aliphatic heterocycles. The summed E-state index contributed by atoms with van der Waals surface area (Å²) in [6, 6.07) is 10.8. The summed E-state index contributed by atoms with van der Waals surface area (Å²) in [5, 5.41) is 3.49. The van der Waals surface area contributed by atoms with E-state index < -0.39 is 0 Å². The fourth-order valence-corrected chi connectivity index (χ4v) is 3.55. The van der Waals surface area contributed by atoms with Gasteiger partial charge in [-0.15, -0.1) is 0 Å². The maximum atomic E-state index is 5.48. The number of anilines is 3. The molecular formula is C21H30N6O2. The lowest BCUT2D eigenvalue weighted by atomic mass is 10.1. The minimum atomic E-state index is 0.257. The molecule has 0 amide bonds. The van der Waals surface area contributed by atoms with Gasteiger partial charge in [-0.1, -0.05) is 30.3 Å². The van der Waals surface area contributed by atoms with E-state index in [-0.39, 0.29) is 6.04 Å². The first-order valence-corrected chi connectivity index (χ1v) is 10.5. The minimum Gasteiger partial charge on any atom is -0.378 e. The van der Waals surface area contributed by atoms with Crippen molar-refractivity contribution in [2.24, 2.45) is 0 Å². The minimum absolute atomic E-state index is 0.257. The van der Waals surface area contributed by atoms with E-state index in [1.165, 1.54) is 5.56 Å². The summed E-state index contributed by atoms with van der Waals surface area (Å²) in [5.41, 5.74) is 1.35. The van der Waals surface area contributed by atoms with E-state index in [0.29, 0.717) is 32.4 Å². The molecule has 0 saturated carbocycles. The van der Waals surface area contributed by atoms with Gasteiger partial charge in [0.15, 0.2) is 0 Å². The average molecular weight is 399 g/mol. The first-order chi connectivity index (χ1) is 14.3. The second-order valence-corrected chi connectivity index (χ2v) is 7.53. The smallest absolute Gasteiger partial charge is 0.232 e. The summed E-state index contributed by atoms with van der Waals surface area (Å²) in [5.74, 6) is 2.09. The number of aryl methyl sites for hydroxylation is 1. The number of ether oxygens (including phenoxy) is 2. The number of nitrogens with one attached hydrogen (secondary N) is 1. The highest BCUT2D eigenvalue weighted by molar-refractivity contribution is 5.46. The summed E-state index contributed by atoms with van der Waals surface area (Å²) >= 11 is 0. The molecule has 1 aromatic heterocycles. The van der Waals surface area contributed by atoms with Gasteiger partial charge in [0.25, 0.3) is 0 Å². The van der Waals surface area contributed by atoms with Crippen molar-refractivity contribution in [3.05, 3.63) is 35.9 Å². The molecule has 1 aromatic carbocycles. The standard InChI is InChI=1S/C21H30N6O2/c1-17(7-8-18-5-3-2-4-6-18)22-19-23-20(26-9-13-28-14-10-26)25-21(24-19)27-11-15-29-16-12-27/h2-6,17H,7-16H2,1H3,(H,22,23,24,25)/t17-/m0/s1. The van der Waals surface area contributed by atoms with Crippen molar-refractivity contribution in [3.63, 3.8) is 0 Å². The van der Waals surface area contributed by atoms with E-state index in [9.17, 15) is 0 Å². The SMILES string of the molecule is C[C@@H](CCc1ccccc1)Nc1nc(N2CCOCC2)nc(N2CCOCC2)n1. The molecular weight excluding hydrogens is 368 g/mol. The van der Waals surface area contributed by atoms with E-state index in [0.717, 1.165) is 50.9 Å². The zero-order chi connectivity index (χ0) is 19.9. The van der Waals surface area contributed by atoms with Crippen LogP contribution in [0.5, 0.6) is 0 Å². The molecule has 0 spiro atoms. The van der Waals surface area contributed by atoms with Gasteiger partial charge in [0.05, 0.1) is 26.4 Å². The second-order valence-electron chi connectivity index (χ2n) is 7.53. The van der Waals surface area contributed by atoms with Gasteiger partial charge in [-0.2, -0.15) is 15.0 Å². The van der Waals surface area contributed by atoms with Crippen LogP contribution in [-0.2, 0) is 15.9 Å². The third kappa shape index (κ3) is 5.55. The highest BCUT2D eigenvalue weighted by Crippen LogP contribution is 2.19. The fourth-order valence-electron chi connectivity index (χ4n) is 3.55. The predicted octanol–water partition coefficient (Wildman–Crippen LogP) is 1.98. The van der Waals surface area contributed by atoms with Crippen LogP contribution >= 0.6 is 0 Å². The summed E-state index contributed by atoms with van der Waals surface area (Å²) < 4.78 is 11.0. The summed E-state index contributed by atoms with van der Waals surface area (Å²) in [4.78, 5) is 18.6. The number of nitrogens with zero attached hydrogens (tertiary/aromatic N) is 5. The lowest BCUT2D eigenvalue weighted by molar-refractivity contribution is 0.121. The molecule has 0 radical (unpaired) electrons. The van der Waals surface area contributed by atoms with Crippen molar-refractivity contribution < 1.29 is 9.47 Å². The lowest BCUT2D eigenvalue weighted by Gasteiger charge is -2.30. The molecule has 29 heavy (non-hydrogen) atoms. The Morgan fingerprint density at radius 2 is 1.41 bits per heavy atom. The average Bonchev–Trinajstić information content (AvgIpc) is 2.79. The molecule has 1 N–H and O–H groups in total. The van der Waals surface area contributed by atoms with Crippen molar-refractivity contribution in [2.75, 3.05) is 67.7 Å². The van der Waals surface area contributed by atoms with Crippen molar-refractivity contribution in [3.8, 4) is 0 Å². The van der Waals surface area contributed by atoms with Crippen LogP contribution in [0.4, 0.5) is 17.8 Å². The van der Waals surface area contributed by atoms with Crippen LogP contribution in [0, 0.1) is 0 Å². The second kappa shape index (κ2) is 9.84. The van der Waals surface area contributed by atoms with Crippen LogP contribution in [0.3, 0.4) is 0 Å². The van der Waals surface area contributed by atoms with E-state index in [1.54, 1.807) is 0 Å². The number of benzene rings is 1. The number of morpholine rings is 2. The Kier molecular flexibility index (Phi) is 6.74. The topological polar surface area (TPSA) is 75.6 Å². The third-order valence-corrected chi connectivity index (χ3v) is 5.28. The van der Waals surface area contributed by atoms with Gasteiger partial charge in [0.1, 0.15) is 0 Å². The molecule has 0 bridgehead atoms. The van der Waals surface area contributed by atoms with Crippen LogP contribution in [0.25, 0.3) is 0 Å². The molecule has 2 aliphatic rings. The van der Waals surface area contributed by atoms with Crippen molar-refractivity contribution in [1.29, 1.82) is 0 Å². The quantitative estimate of drug-likeness (QED) is 0.759. The molecule has 8 nitrogen and oxygen atoms in total. The van der Waals surface area contributed by atoms with Gasteiger partial charge in [-0.25, -0.2) is 0 Å². The van der Waals surface area contributed by atoms with Crippen molar-refractivity contribution in [1.82, 2.24) is 15.0 Å². The molecule has 0 unspecified atom stereocenters. The first-order valence-electron chi connectivity index (χ1n) is 10.5. The van der Waals surface area contributed by atoms with Crippen molar-refractivity contribution >= 4 is 17.8 Å². The lowest BCUT2D eigenvalue weighted by Crippen LogP contribution is -2.40. The van der Waals surface area contributed by atoms with Crippen LogP contribution < -0.4 is 15.1 Å². The first kappa shape index (κ1) is 19.8. The normalized spacial score (nSPS) is 18.5. The molecule has 1 atom stereocenters. The molecule has 2 aromatic rings. The number of hydrogen-bond donors (Lipinski definition) is 1. The van der Waals surface area contributed by atoms with Crippen LogP contribution in [0.15, 0.2) is 30.3 Å². The zero-order valence-corrected chi connectivity index (χ0v) is 17.1. The summed E-state index contributed by atoms with van der Waals surface area (Å²) in [6.45, 7) is 8.19. The molecule has 8 heteroatoms. The summed E-state index contributed by atoms with van der Waals surface area (Å²) in [6.07, 6.45) is 2.03. The largest absolute Gasteiger partial charge is 0.378 e. The third-order valence-electron chi connectivity index (χ3n) is 5.28. The molecule has 4 rings (SSSR count). The maximum absolute atomic E-state index is 5.48. The number of hydrogen-bond acceptors (Lipinski definition) is 8. The van der Waals surface area contributed by atoms with Crippen LogP contribution in [0.2, 0.25) is 0 Å². The van der Waals surface area contributed by atoms with E-state index in [1.807, 2.05) is 0 Å². The Bertz CT molecular complexity index is 727. The van der Waals surface area contributed by atoms with Gasteiger partial charge in [0.2, 0.25) is 17.8 Å². The van der Waals surface area contributed by atoms with E-state index >= 15 is 0 Å². The monoisotopic (exact) mass is 398 g/mol. The van der Waals surface area contributed by atoms with Gasteiger partial charge >= 0.3 is 0 Å². The van der Waals surface area contributed by atoms with E-state index in [4.69, 9.17) is 24.4 Å². The highest BCUT2D eigenvalue weighted by Gasteiger charge is 2.21. The predicted molar refractivity (Wildman–Crippen MR) is 114 cm³/mol. The number of aromatic nitrogens is 3. The van der Waals surface area contributed by atoms with Crippen LogP contribution in [-0.4, -0.2) is 73.6 Å². The molecule has 2 fully saturated rings. The van der Waals surface area contributed by atoms with Crippen LogP contribution in [0.1, 0.15) is 18.9 Å². The zero-order valence-electron chi connectivity index (χ0n) is 17.1. The Labute approximate surface area is 172 Å². The van der Waals surface area contributed by atoms with Crippen molar-refractivity contribution in [2.45, 2.75) is 25.8 Å². The molecule has 2 saturated heterocycles. The molecule has 0 aliphatic carbocycles. The maximum Gasteiger partial charge on any atom is 0.232 e. The van der Waals surface area contributed by atoms with Gasteiger partial charge in [0, 0.05) is 32.2 Å². The fraction of sp³-hybridized carbons (Fsp3) is 0.571. The Morgan fingerprint density at radius 3 is 1.97 bits per heavy atom. The van der Waals surface area contributed by atoms with Gasteiger partial charge in [-0.3, -0.25) is 0 Å². The Morgan fingerprint density at radius 1 is 0.862 bits per heavy atom. The van der Waals surface area contributed by atoms with E-state index in [2.05, 4.69) is 52.4 Å². The Balaban J connectivity index is 1.47. The molecule has 156 valence electrons. The summed E-state index contributed by atoms with van der Waals surface area (Å²) in [7, 11) is 0. The Hall–Kier alpha value is -2.45.